The van der Waals surface area contributed by atoms with Gasteiger partial charge in [-0.2, -0.15) is 27.5 Å². The molecule has 0 aliphatic rings. The predicted molar refractivity (Wildman–Crippen MR) is 136 cm³/mol. The fourth-order valence-electron chi connectivity index (χ4n) is 3.36. The van der Waals surface area contributed by atoms with Crippen molar-refractivity contribution in [3.8, 4) is 0 Å². The largest absolute Gasteiger partial charge is 0.383 e. The summed E-state index contributed by atoms with van der Waals surface area (Å²) in [5.41, 5.74) is 2.50. The molecule has 2 aromatic heterocycles. The fourth-order valence-corrected chi connectivity index (χ4v) is 5.08. The van der Waals surface area contributed by atoms with Crippen molar-refractivity contribution in [3.05, 3.63) is 65.1 Å². The number of anilines is 1. The van der Waals surface area contributed by atoms with E-state index in [1.807, 2.05) is 19.1 Å². The highest BCUT2D eigenvalue weighted by molar-refractivity contribution is 7.94. The van der Waals surface area contributed by atoms with E-state index in [9.17, 15) is 13.2 Å². The minimum atomic E-state index is -3.96. The first-order valence-corrected chi connectivity index (χ1v) is 13.3. The number of nitrogens with one attached hydrogen (secondary N) is 4. The molecule has 4 rings (SSSR count). The van der Waals surface area contributed by atoms with Gasteiger partial charge in [-0.3, -0.25) is 4.79 Å². The van der Waals surface area contributed by atoms with Gasteiger partial charge in [0.15, 0.2) is 0 Å². The molecule has 0 fully saturated rings. The number of benzene rings is 2. The molecule has 14 heteroatoms. The summed E-state index contributed by atoms with van der Waals surface area (Å²) < 4.78 is 28.5. The van der Waals surface area contributed by atoms with Crippen molar-refractivity contribution >= 4 is 55.7 Å². The van der Waals surface area contributed by atoms with Crippen molar-refractivity contribution in [3.63, 3.8) is 0 Å². The van der Waals surface area contributed by atoms with Crippen LogP contribution in [0.15, 0.2) is 53.3 Å². The average Bonchev–Trinajstić information content (AvgIpc) is 3.52. The molecular formula is C21H23ClN8O3S2. The number of halogens is 1. The summed E-state index contributed by atoms with van der Waals surface area (Å²) in [5.74, 6) is -0.323. The fraction of sp³-hybridized carbons (Fsp3) is 0.238. The summed E-state index contributed by atoms with van der Waals surface area (Å²) in [7, 11) is -3.96. The molecule has 4 aromatic rings. The molecule has 4 N–H and O–H groups in total. The zero-order valence-electron chi connectivity index (χ0n) is 18.7. The second-order valence-electron chi connectivity index (χ2n) is 7.36. The Bertz CT molecular complexity index is 1420. The lowest BCUT2D eigenvalue weighted by atomic mass is 10.1. The van der Waals surface area contributed by atoms with Gasteiger partial charge in [0.05, 0.1) is 17.3 Å². The van der Waals surface area contributed by atoms with Crippen LogP contribution in [0.1, 0.15) is 22.8 Å². The van der Waals surface area contributed by atoms with Gasteiger partial charge in [0.1, 0.15) is 6.33 Å². The van der Waals surface area contributed by atoms with Crippen LogP contribution in [0, 0.1) is 0 Å². The number of nitrogens with zero attached hydrogens (tertiary/aromatic N) is 4. The third kappa shape index (κ3) is 5.88. The number of sulfonamides is 1. The first kappa shape index (κ1) is 24.9. The van der Waals surface area contributed by atoms with Gasteiger partial charge in [-0.15, -0.1) is 0 Å². The molecule has 184 valence electrons. The third-order valence-corrected chi connectivity index (χ3v) is 7.57. The molecule has 0 saturated heterocycles. The lowest BCUT2D eigenvalue weighted by Crippen LogP contribution is -2.25. The summed E-state index contributed by atoms with van der Waals surface area (Å²) in [5, 5.41) is 14.7. The highest BCUT2D eigenvalue weighted by atomic mass is 35.5. The van der Waals surface area contributed by atoms with Gasteiger partial charge in [-0.1, -0.05) is 30.7 Å². The van der Waals surface area contributed by atoms with E-state index < -0.39 is 10.0 Å². The molecule has 0 saturated carbocycles. The molecule has 0 aliphatic carbocycles. The number of aromatic nitrogens is 4. The molecule has 0 aliphatic heterocycles. The zero-order chi connectivity index (χ0) is 24.8. The van der Waals surface area contributed by atoms with E-state index in [4.69, 9.17) is 11.6 Å². The molecule has 0 atom stereocenters. The Morgan fingerprint density at radius 2 is 2.06 bits per heavy atom. The number of likely N-dealkylation sites (N-methyl/N-ethyl adjacent to an activating group) is 1. The van der Waals surface area contributed by atoms with Crippen molar-refractivity contribution in [1.82, 2.24) is 29.9 Å². The van der Waals surface area contributed by atoms with E-state index in [-0.39, 0.29) is 16.8 Å². The van der Waals surface area contributed by atoms with Gasteiger partial charge < -0.3 is 16.0 Å². The summed E-state index contributed by atoms with van der Waals surface area (Å²) >= 11 is 6.90. The number of carbonyl (C=O) groups is 1. The molecule has 2 aromatic carbocycles. The Labute approximate surface area is 211 Å². The number of hydrogen-bond acceptors (Lipinski definition) is 9. The van der Waals surface area contributed by atoms with Crippen molar-refractivity contribution in [1.29, 1.82) is 0 Å². The van der Waals surface area contributed by atoms with Crippen molar-refractivity contribution in [2.75, 3.05) is 29.8 Å². The van der Waals surface area contributed by atoms with Crippen molar-refractivity contribution < 1.29 is 13.2 Å². The van der Waals surface area contributed by atoms with E-state index in [1.165, 1.54) is 6.20 Å². The lowest BCUT2D eigenvalue weighted by Gasteiger charge is -2.14. The first-order valence-electron chi connectivity index (χ1n) is 10.7. The third-order valence-electron chi connectivity index (χ3n) is 5.01. The number of hydrogen-bond donors (Lipinski definition) is 4. The Hall–Kier alpha value is -3.26. The van der Waals surface area contributed by atoms with Gasteiger partial charge >= 0.3 is 10.0 Å². The summed E-state index contributed by atoms with van der Waals surface area (Å²) in [4.78, 5) is 20.2. The Morgan fingerprint density at radius 1 is 1.20 bits per heavy atom. The number of amides is 1. The van der Waals surface area contributed by atoms with Crippen LogP contribution < -0.4 is 20.8 Å². The zero-order valence-corrected chi connectivity index (χ0v) is 21.0. The highest BCUT2D eigenvalue weighted by Gasteiger charge is 2.21. The number of rotatable bonds is 11. The summed E-state index contributed by atoms with van der Waals surface area (Å²) in [6, 6.07) is 10.4. The van der Waals surface area contributed by atoms with Crippen molar-refractivity contribution in [2.24, 2.45) is 0 Å². The summed E-state index contributed by atoms with van der Waals surface area (Å²) in [6.45, 7) is 4.70. The molecule has 1 amide bonds. The van der Waals surface area contributed by atoms with E-state index in [0.29, 0.717) is 28.0 Å². The topological polar surface area (TPSA) is 143 Å². The minimum absolute atomic E-state index is 0.187. The monoisotopic (exact) mass is 534 g/mol. The SMILES string of the molecule is CCNCCNc1cc(Cl)ccc1CNC(=O)c1cccc2c1cnn2NS(=O)(=O)c1ncns1. The van der Waals surface area contributed by atoms with E-state index in [1.54, 1.807) is 24.3 Å². The maximum absolute atomic E-state index is 13.0. The van der Waals surface area contributed by atoms with Crippen LogP contribution in [0.25, 0.3) is 10.9 Å². The Kier molecular flexibility index (Phi) is 7.80. The average molecular weight is 535 g/mol. The van der Waals surface area contributed by atoms with Crippen LogP contribution in [0.4, 0.5) is 5.69 Å². The Balaban J connectivity index is 1.50. The van der Waals surface area contributed by atoms with E-state index >= 15 is 0 Å². The summed E-state index contributed by atoms with van der Waals surface area (Å²) in [6.07, 6.45) is 2.59. The molecule has 2 heterocycles. The number of carbonyl (C=O) groups excluding carboxylic acids is 1. The molecule has 0 bridgehead atoms. The Morgan fingerprint density at radius 3 is 2.83 bits per heavy atom. The second kappa shape index (κ2) is 11.0. The molecule has 11 nitrogen and oxygen atoms in total. The number of fused-ring (bicyclic) bond motifs is 1. The van der Waals surface area contributed by atoms with Gasteiger partial charge in [0.2, 0.25) is 0 Å². The molecule has 0 unspecified atom stereocenters. The smallest absolute Gasteiger partial charge is 0.305 e. The molecule has 35 heavy (non-hydrogen) atoms. The van der Waals surface area contributed by atoms with Gasteiger partial charge in [-0.05, 0) is 47.9 Å². The van der Waals surface area contributed by atoms with Crippen LogP contribution in [0.5, 0.6) is 0 Å². The lowest BCUT2D eigenvalue weighted by molar-refractivity contribution is 0.0952. The molecule has 0 spiro atoms. The van der Waals surface area contributed by atoms with E-state index in [2.05, 4.69) is 35.2 Å². The molecular weight excluding hydrogens is 512 g/mol. The standard InChI is InChI=1S/C21H23ClN8O3S2/c1-2-23-8-9-24-18-10-15(22)7-6-14(18)11-25-20(31)16-4-3-5-19-17(16)12-27-30(19)29-35(32,33)21-26-13-28-34-21/h3-7,10,12-13,23-24,29H,2,8-9,11H2,1H3,(H,25,31). The van der Waals surface area contributed by atoms with Crippen LogP contribution in [0.3, 0.4) is 0 Å². The van der Waals surface area contributed by atoms with Crippen LogP contribution in [0.2, 0.25) is 5.02 Å². The normalized spacial score (nSPS) is 11.5. The van der Waals surface area contributed by atoms with Crippen LogP contribution in [-0.4, -0.2) is 53.2 Å². The minimum Gasteiger partial charge on any atom is -0.383 e. The van der Waals surface area contributed by atoms with Gasteiger partial charge in [-0.25, -0.2) is 4.98 Å². The first-order chi connectivity index (χ1) is 16.9. The maximum atomic E-state index is 13.0. The second-order valence-corrected chi connectivity index (χ2v) is 10.4. The van der Waals surface area contributed by atoms with E-state index in [0.717, 1.165) is 47.0 Å². The highest BCUT2D eigenvalue weighted by Crippen LogP contribution is 2.22. The van der Waals surface area contributed by atoms with Gasteiger partial charge in [0.25, 0.3) is 10.2 Å². The van der Waals surface area contributed by atoms with Gasteiger partial charge in [0, 0.05) is 35.7 Å². The quantitative estimate of drug-likeness (QED) is 0.215. The molecule has 0 radical (unpaired) electrons. The predicted octanol–water partition coefficient (Wildman–Crippen LogP) is 2.42. The maximum Gasteiger partial charge on any atom is 0.305 e. The van der Waals surface area contributed by atoms with Crippen molar-refractivity contribution in [2.45, 2.75) is 17.8 Å². The van der Waals surface area contributed by atoms with Crippen LogP contribution >= 0.6 is 23.1 Å². The van der Waals surface area contributed by atoms with Crippen LogP contribution in [-0.2, 0) is 16.6 Å².